The fourth-order valence-electron chi connectivity index (χ4n) is 2.21. The topological polar surface area (TPSA) is 209 Å². The standard InChI is InChI=1S/C10H8O6S2.C6H7NO4S/c11-17(12,13)9-3-1-7-2-4-10(18(14,15)16)6-8(7)5-9;7-5-2-1-4(3-6(5)8)12(9,10)11/h1-6H,(H,11,12,13)(H,14,15,16);1-3,8H,7H2,(H,9,10,11). The molecule has 3 rings (SSSR count). The van der Waals surface area contributed by atoms with Crippen molar-refractivity contribution in [1.29, 1.82) is 0 Å². The summed E-state index contributed by atoms with van der Waals surface area (Å²) >= 11 is 0. The third-order valence-corrected chi connectivity index (χ3v) is 6.23. The molecule has 0 unspecified atom stereocenters. The first-order chi connectivity index (χ1) is 13.6. The number of nitrogen functional groups attached to an aromatic ring is 1. The maximum absolute atomic E-state index is 10.9. The fourth-order valence-corrected chi connectivity index (χ4v) is 3.74. The van der Waals surface area contributed by atoms with Gasteiger partial charge in [-0.15, -0.1) is 0 Å². The zero-order chi connectivity index (χ0) is 22.9. The minimum Gasteiger partial charge on any atom is -0.506 e. The van der Waals surface area contributed by atoms with E-state index in [1.54, 1.807) is 0 Å². The van der Waals surface area contributed by atoms with Gasteiger partial charge in [0.05, 0.1) is 20.4 Å². The number of fused-ring (bicyclic) bond motifs is 1. The number of nitrogens with two attached hydrogens (primary N) is 1. The molecule has 0 saturated carbocycles. The Morgan fingerprint density at radius 3 is 1.30 bits per heavy atom. The van der Waals surface area contributed by atoms with Gasteiger partial charge in [-0.1, -0.05) is 12.1 Å². The van der Waals surface area contributed by atoms with Crippen molar-refractivity contribution in [2.45, 2.75) is 14.7 Å². The molecule has 0 bridgehead atoms. The number of hydrogen-bond donors (Lipinski definition) is 5. The fraction of sp³-hybridized carbons (Fsp3) is 0. The highest BCUT2D eigenvalue weighted by atomic mass is 32.2. The van der Waals surface area contributed by atoms with Gasteiger partial charge in [0.1, 0.15) is 5.75 Å². The van der Waals surface area contributed by atoms with Gasteiger partial charge in [0, 0.05) is 6.07 Å². The van der Waals surface area contributed by atoms with Gasteiger partial charge in [-0.3, -0.25) is 13.7 Å². The molecule has 3 aromatic carbocycles. The highest BCUT2D eigenvalue weighted by Crippen LogP contribution is 2.23. The Balaban J connectivity index is 0.000000232. The zero-order valence-corrected chi connectivity index (χ0v) is 17.2. The van der Waals surface area contributed by atoms with Gasteiger partial charge in [0.15, 0.2) is 0 Å². The molecule has 0 spiro atoms. The largest absolute Gasteiger partial charge is 0.506 e. The van der Waals surface area contributed by atoms with E-state index in [-0.39, 0.29) is 31.5 Å². The summed E-state index contributed by atoms with van der Waals surface area (Å²) < 4.78 is 91.1. The first-order valence-corrected chi connectivity index (χ1v) is 12.0. The molecular formula is C16H15NO10S3. The minimum atomic E-state index is -4.35. The van der Waals surface area contributed by atoms with Gasteiger partial charge < -0.3 is 10.8 Å². The Hall–Kier alpha value is -2.75. The Kier molecular flexibility index (Phi) is 6.41. The van der Waals surface area contributed by atoms with E-state index >= 15 is 0 Å². The number of phenols is 1. The molecule has 0 fully saturated rings. The maximum atomic E-state index is 10.9. The van der Waals surface area contributed by atoms with Crippen LogP contribution in [0.25, 0.3) is 10.8 Å². The minimum absolute atomic E-state index is 0.0578. The van der Waals surface area contributed by atoms with Gasteiger partial charge in [0.25, 0.3) is 30.4 Å². The molecule has 0 saturated heterocycles. The van der Waals surface area contributed by atoms with E-state index < -0.39 is 30.4 Å². The molecule has 3 aromatic rings. The lowest BCUT2D eigenvalue weighted by Gasteiger charge is -2.03. The molecule has 162 valence electrons. The van der Waals surface area contributed by atoms with Gasteiger partial charge in [-0.05, 0) is 47.2 Å². The number of aromatic hydroxyl groups is 1. The van der Waals surface area contributed by atoms with E-state index in [0.717, 1.165) is 24.3 Å². The molecule has 0 aliphatic rings. The van der Waals surface area contributed by atoms with Crippen LogP contribution in [0.5, 0.6) is 5.75 Å². The molecule has 0 amide bonds. The van der Waals surface area contributed by atoms with Gasteiger partial charge >= 0.3 is 0 Å². The Bertz CT molecular complexity index is 1360. The monoisotopic (exact) mass is 477 g/mol. The average Bonchev–Trinajstić information content (AvgIpc) is 2.61. The maximum Gasteiger partial charge on any atom is 0.294 e. The summed E-state index contributed by atoms with van der Waals surface area (Å²) in [7, 11) is -13.0. The van der Waals surface area contributed by atoms with E-state index in [1.165, 1.54) is 30.3 Å². The molecule has 0 atom stereocenters. The molecular weight excluding hydrogens is 462 g/mol. The predicted molar refractivity (Wildman–Crippen MR) is 106 cm³/mol. The number of anilines is 1. The number of phenolic OH excluding ortho intramolecular Hbond substituents is 1. The molecule has 11 nitrogen and oxygen atoms in total. The second-order valence-electron chi connectivity index (χ2n) is 5.82. The van der Waals surface area contributed by atoms with Crippen molar-refractivity contribution in [3.63, 3.8) is 0 Å². The third-order valence-electron chi connectivity index (χ3n) is 3.68. The number of hydrogen-bond acceptors (Lipinski definition) is 8. The lowest BCUT2D eigenvalue weighted by Crippen LogP contribution is -1.99. The highest BCUT2D eigenvalue weighted by Gasteiger charge is 2.13. The number of benzene rings is 3. The van der Waals surface area contributed by atoms with Crippen LogP contribution in [0.2, 0.25) is 0 Å². The zero-order valence-electron chi connectivity index (χ0n) is 14.7. The van der Waals surface area contributed by atoms with Crippen LogP contribution < -0.4 is 5.73 Å². The molecule has 0 aliphatic carbocycles. The third kappa shape index (κ3) is 5.88. The summed E-state index contributed by atoms with van der Waals surface area (Å²) in [5.41, 5.74) is 5.26. The molecule has 0 heterocycles. The van der Waals surface area contributed by atoms with Crippen molar-refractivity contribution in [3.05, 3.63) is 54.6 Å². The lowest BCUT2D eigenvalue weighted by atomic mass is 10.1. The van der Waals surface area contributed by atoms with E-state index in [0.29, 0.717) is 5.39 Å². The van der Waals surface area contributed by atoms with Crippen LogP contribution in [0.3, 0.4) is 0 Å². The molecule has 6 N–H and O–H groups in total. The van der Waals surface area contributed by atoms with Crippen molar-refractivity contribution in [2.24, 2.45) is 0 Å². The first-order valence-electron chi connectivity index (χ1n) is 7.64. The summed E-state index contributed by atoms with van der Waals surface area (Å²) in [6.45, 7) is 0. The van der Waals surface area contributed by atoms with Crippen molar-refractivity contribution in [1.82, 2.24) is 0 Å². The normalized spacial score (nSPS) is 12.2. The van der Waals surface area contributed by atoms with E-state index in [9.17, 15) is 25.3 Å². The smallest absolute Gasteiger partial charge is 0.294 e. The second kappa shape index (κ2) is 8.17. The number of rotatable bonds is 3. The van der Waals surface area contributed by atoms with Gasteiger partial charge in [0.2, 0.25) is 0 Å². The lowest BCUT2D eigenvalue weighted by molar-refractivity contribution is 0.468. The van der Waals surface area contributed by atoms with Crippen molar-refractivity contribution in [2.75, 3.05) is 5.73 Å². The Morgan fingerprint density at radius 1 is 0.567 bits per heavy atom. The van der Waals surface area contributed by atoms with Crippen LogP contribution in [0.4, 0.5) is 5.69 Å². The summed E-state index contributed by atoms with van der Waals surface area (Å²) in [5.74, 6) is -0.370. The van der Waals surface area contributed by atoms with Gasteiger partial charge in [-0.25, -0.2) is 0 Å². The van der Waals surface area contributed by atoms with E-state index in [4.69, 9.17) is 24.5 Å². The molecule has 30 heavy (non-hydrogen) atoms. The van der Waals surface area contributed by atoms with Crippen LogP contribution in [0, 0.1) is 0 Å². The van der Waals surface area contributed by atoms with Crippen LogP contribution in [-0.4, -0.2) is 44.0 Å². The summed E-state index contributed by atoms with van der Waals surface area (Å²) in [5, 5.41) is 9.82. The Morgan fingerprint density at radius 2 is 0.933 bits per heavy atom. The molecule has 0 aromatic heterocycles. The van der Waals surface area contributed by atoms with Crippen LogP contribution >= 0.6 is 0 Å². The van der Waals surface area contributed by atoms with Crippen LogP contribution in [0.1, 0.15) is 0 Å². The van der Waals surface area contributed by atoms with Crippen LogP contribution in [-0.2, 0) is 30.4 Å². The second-order valence-corrected chi connectivity index (χ2v) is 10.1. The van der Waals surface area contributed by atoms with E-state index in [1.807, 2.05) is 0 Å². The summed E-state index contributed by atoms with van der Waals surface area (Å²) in [6.07, 6.45) is 0. The van der Waals surface area contributed by atoms with Crippen molar-refractivity contribution < 1.29 is 44.0 Å². The summed E-state index contributed by atoms with van der Waals surface area (Å²) in [4.78, 5) is -1.07. The Labute approximate surface area is 171 Å². The molecule has 0 aliphatic heterocycles. The van der Waals surface area contributed by atoms with E-state index in [2.05, 4.69) is 0 Å². The molecule has 0 radical (unpaired) electrons. The van der Waals surface area contributed by atoms with Crippen LogP contribution in [0.15, 0.2) is 69.3 Å². The van der Waals surface area contributed by atoms with Gasteiger partial charge in [-0.2, -0.15) is 25.3 Å². The average molecular weight is 477 g/mol. The summed E-state index contributed by atoms with van der Waals surface area (Å²) in [6, 6.07) is 10.7. The SMILES string of the molecule is Nc1ccc(S(=O)(=O)O)cc1O.O=S(=O)(O)c1ccc2ccc(S(=O)(=O)O)cc2c1. The van der Waals surface area contributed by atoms with Crippen molar-refractivity contribution in [3.8, 4) is 5.75 Å². The predicted octanol–water partition coefficient (Wildman–Crippen LogP) is 1.55. The quantitative estimate of drug-likeness (QED) is 0.207. The molecule has 14 heteroatoms. The highest BCUT2D eigenvalue weighted by molar-refractivity contribution is 7.86. The van der Waals surface area contributed by atoms with Crippen molar-refractivity contribution >= 4 is 46.8 Å². The first kappa shape index (κ1) is 23.5.